The molecule has 3 rings (SSSR count). The molecule has 0 radical (unpaired) electrons. The fraction of sp³-hybridized carbons (Fsp3) is 0.588. The van der Waals surface area contributed by atoms with Crippen LogP contribution in [0.15, 0.2) is 29.2 Å². The first kappa shape index (κ1) is 18.3. The molecule has 0 saturated carbocycles. The lowest BCUT2D eigenvalue weighted by Gasteiger charge is -2.36. The zero-order valence-electron chi connectivity index (χ0n) is 14.4. The van der Waals surface area contributed by atoms with E-state index in [1.54, 1.807) is 0 Å². The molecule has 0 aromatic heterocycles. The molecule has 2 heterocycles. The zero-order chi connectivity index (χ0) is 18.0. The Bertz CT molecular complexity index is 715. The summed E-state index contributed by atoms with van der Waals surface area (Å²) in [6, 6.07) is 4.84. The van der Waals surface area contributed by atoms with Crippen molar-refractivity contribution >= 4 is 15.9 Å². The average Bonchev–Trinajstić information content (AvgIpc) is 2.62. The largest absolute Gasteiger partial charge is 0.334 e. The number of amides is 1. The van der Waals surface area contributed by atoms with Crippen LogP contribution in [0.5, 0.6) is 0 Å². The molecule has 1 atom stereocenters. The summed E-state index contributed by atoms with van der Waals surface area (Å²) in [4.78, 5) is 16.1. The average molecular weight is 370 g/mol. The van der Waals surface area contributed by atoms with Gasteiger partial charge in [0.1, 0.15) is 5.82 Å². The minimum Gasteiger partial charge on any atom is -0.334 e. The van der Waals surface area contributed by atoms with Gasteiger partial charge in [-0.1, -0.05) is 0 Å². The van der Waals surface area contributed by atoms with E-state index >= 15 is 0 Å². The van der Waals surface area contributed by atoms with Crippen LogP contribution in [-0.2, 0) is 14.8 Å². The third-order valence-corrected chi connectivity index (χ3v) is 6.99. The summed E-state index contributed by atoms with van der Waals surface area (Å²) >= 11 is 0. The molecule has 1 unspecified atom stereocenters. The van der Waals surface area contributed by atoms with Gasteiger partial charge in [0.2, 0.25) is 15.9 Å². The number of rotatable bonds is 3. The van der Waals surface area contributed by atoms with Gasteiger partial charge >= 0.3 is 0 Å². The summed E-state index contributed by atoms with van der Waals surface area (Å²) in [6.45, 7) is 3.91. The molecule has 1 aromatic rings. The Morgan fingerprint density at radius 2 is 1.80 bits per heavy atom. The van der Waals surface area contributed by atoms with Crippen molar-refractivity contribution in [2.75, 3.05) is 46.3 Å². The van der Waals surface area contributed by atoms with Crippen LogP contribution in [0.3, 0.4) is 0 Å². The highest BCUT2D eigenvalue weighted by molar-refractivity contribution is 7.89. The second-order valence-corrected chi connectivity index (χ2v) is 8.88. The molecule has 2 fully saturated rings. The lowest BCUT2D eigenvalue weighted by molar-refractivity contribution is -0.883. The quantitative estimate of drug-likeness (QED) is 0.786. The maximum Gasteiger partial charge on any atom is 0.243 e. The molecule has 6 nitrogen and oxygen atoms in total. The number of quaternary nitrogens is 1. The van der Waals surface area contributed by atoms with Crippen molar-refractivity contribution in [3.05, 3.63) is 30.1 Å². The molecule has 2 aliphatic heterocycles. The Balaban J connectivity index is 1.70. The third kappa shape index (κ3) is 4.02. The summed E-state index contributed by atoms with van der Waals surface area (Å²) in [5.41, 5.74) is 0. The van der Waals surface area contributed by atoms with E-state index in [-0.39, 0.29) is 23.3 Å². The monoisotopic (exact) mass is 370 g/mol. The second kappa shape index (κ2) is 7.39. The van der Waals surface area contributed by atoms with Crippen molar-refractivity contribution in [2.24, 2.45) is 5.92 Å². The number of carbonyl (C=O) groups excluding carboxylic acids is 1. The highest BCUT2D eigenvalue weighted by Crippen LogP contribution is 2.25. The van der Waals surface area contributed by atoms with Crippen molar-refractivity contribution in [1.29, 1.82) is 0 Å². The van der Waals surface area contributed by atoms with Crippen molar-refractivity contribution in [2.45, 2.75) is 17.7 Å². The molecule has 138 valence electrons. The fourth-order valence-corrected chi connectivity index (χ4v) is 5.01. The maximum absolute atomic E-state index is 13.1. The van der Waals surface area contributed by atoms with Gasteiger partial charge in [0.25, 0.3) is 0 Å². The number of hydrogen-bond donors (Lipinski definition) is 1. The number of piperidine rings is 1. The van der Waals surface area contributed by atoms with Gasteiger partial charge in [0.05, 0.1) is 44.0 Å². The molecule has 1 N–H and O–H groups in total. The molecule has 2 saturated heterocycles. The molecular weight excluding hydrogens is 345 g/mol. The first-order valence-electron chi connectivity index (χ1n) is 8.74. The Hall–Kier alpha value is -1.51. The summed E-state index contributed by atoms with van der Waals surface area (Å²) in [6.07, 6.45) is 1.38. The van der Waals surface area contributed by atoms with Crippen LogP contribution in [0, 0.1) is 11.7 Å². The van der Waals surface area contributed by atoms with Crippen LogP contribution in [0.2, 0.25) is 0 Å². The number of benzene rings is 1. The van der Waals surface area contributed by atoms with E-state index in [0.29, 0.717) is 19.4 Å². The highest BCUT2D eigenvalue weighted by atomic mass is 32.2. The zero-order valence-corrected chi connectivity index (χ0v) is 15.3. The number of nitrogens with one attached hydrogen (secondary N) is 1. The van der Waals surface area contributed by atoms with Gasteiger partial charge in [-0.3, -0.25) is 4.79 Å². The second-order valence-electron chi connectivity index (χ2n) is 6.94. The molecular formula is C17H25FN3O3S+. The van der Waals surface area contributed by atoms with E-state index in [9.17, 15) is 17.6 Å². The normalized spacial score (nSPS) is 23.6. The minimum absolute atomic E-state index is 0.0616. The van der Waals surface area contributed by atoms with E-state index in [2.05, 4.69) is 7.05 Å². The number of likely N-dealkylation sites (N-methyl/N-ethyl adjacent to an activating group) is 1. The van der Waals surface area contributed by atoms with E-state index < -0.39 is 15.8 Å². The van der Waals surface area contributed by atoms with Crippen LogP contribution in [0.1, 0.15) is 12.8 Å². The van der Waals surface area contributed by atoms with E-state index in [1.807, 2.05) is 4.90 Å². The topological polar surface area (TPSA) is 62.1 Å². The Morgan fingerprint density at radius 1 is 1.16 bits per heavy atom. The SMILES string of the molecule is C[NH+]1CCN(C(=O)C2CCCN(S(=O)(=O)c3ccc(F)cc3)C2)CC1. The van der Waals surface area contributed by atoms with Gasteiger partial charge < -0.3 is 9.80 Å². The summed E-state index contributed by atoms with van der Waals surface area (Å²) in [7, 11) is -1.58. The lowest BCUT2D eigenvalue weighted by Crippen LogP contribution is -3.12. The first-order valence-corrected chi connectivity index (χ1v) is 10.2. The molecule has 2 aliphatic rings. The summed E-state index contributed by atoms with van der Waals surface area (Å²) in [5, 5.41) is 0. The van der Waals surface area contributed by atoms with Gasteiger partial charge in [0.15, 0.2) is 0 Å². The van der Waals surface area contributed by atoms with E-state index in [4.69, 9.17) is 0 Å². The van der Waals surface area contributed by atoms with Crippen LogP contribution in [0.4, 0.5) is 4.39 Å². The van der Waals surface area contributed by atoms with Crippen LogP contribution in [-0.4, -0.2) is 69.8 Å². The van der Waals surface area contributed by atoms with E-state index in [0.717, 1.165) is 38.3 Å². The summed E-state index contributed by atoms with van der Waals surface area (Å²) < 4.78 is 39.9. The molecule has 0 aliphatic carbocycles. The van der Waals surface area contributed by atoms with Crippen molar-refractivity contribution < 1.29 is 22.5 Å². The Labute approximate surface area is 148 Å². The molecule has 1 aromatic carbocycles. The predicted octanol–water partition coefficient (Wildman–Crippen LogP) is -0.417. The minimum atomic E-state index is -3.69. The molecule has 8 heteroatoms. The van der Waals surface area contributed by atoms with Gasteiger partial charge in [-0.15, -0.1) is 0 Å². The van der Waals surface area contributed by atoms with Gasteiger partial charge in [-0.25, -0.2) is 12.8 Å². The van der Waals surface area contributed by atoms with Crippen molar-refractivity contribution in [3.8, 4) is 0 Å². The Kier molecular flexibility index (Phi) is 5.41. The van der Waals surface area contributed by atoms with Gasteiger partial charge in [0, 0.05) is 13.1 Å². The number of sulfonamides is 1. The van der Waals surface area contributed by atoms with Gasteiger partial charge in [-0.2, -0.15) is 4.31 Å². The number of hydrogen-bond acceptors (Lipinski definition) is 3. The molecule has 25 heavy (non-hydrogen) atoms. The van der Waals surface area contributed by atoms with Crippen LogP contribution < -0.4 is 4.90 Å². The smallest absolute Gasteiger partial charge is 0.243 e. The number of halogens is 1. The Morgan fingerprint density at radius 3 is 2.44 bits per heavy atom. The van der Waals surface area contributed by atoms with Crippen molar-refractivity contribution in [1.82, 2.24) is 9.21 Å². The molecule has 0 spiro atoms. The first-order chi connectivity index (χ1) is 11.9. The van der Waals surface area contributed by atoms with Crippen LogP contribution >= 0.6 is 0 Å². The predicted molar refractivity (Wildman–Crippen MR) is 91.1 cm³/mol. The molecule has 1 amide bonds. The van der Waals surface area contributed by atoms with Gasteiger partial charge in [-0.05, 0) is 37.1 Å². The van der Waals surface area contributed by atoms with Crippen LogP contribution in [0.25, 0.3) is 0 Å². The number of carbonyl (C=O) groups is 1. The third-order valence-electron chi connectivity index (χ3n) is 5.11. The number of nitrogens with zero attached hydrogens (tertiary/aromatic N) is 2. The van der Waals surface area contributed by atoms with Crippen molar-refractivity contribution in [3.63, 3.8) is 0 Å². The fourth-order valence-electron chi connectivity index (χ4n) is 3.48. The maximum atomic E-state index is 13.1. The standard InChI is InChI=1S/C17H24FN3O3S/c1-19-9-11-20(12-10-19)17(22)14-3-2-8-21(13-14)25(23,24)16-6-4-15(18)5-7-16/h4-7,14H,2-3,8-13H2,1H3/p+1. The molecule has 0 bridgehead atoms. The number of piperazine rings is 1. The lowest BCUT2D eigenvalue weighted by atomic mass is 9.98. The highest BCUT2D eigenvalue weighted by Gasteiger charge is 2.36. The van der Waals surface area contributed by atoms with E-state index in [1.165, 1.54) is 21.3 Å². The summed E-state index contributed by atoms with van der Waals surface area (Å²) in [5.74, 6) is -0.697.